The van der Waals surface area contributed by atoms with Gasteiger partial charge in [0.2, 0.25) is 5.91 Å². The van der Waals surface area contributed by atoms with Gasteiger partial charge in [0, 0.05) is 11.9 Å². The Labute approximate surface area is 125 Å². The Kier molecular flexibility index (Phi) is 5.11. The van der Waals surface area contributed by atoms with E-state index in [-0.39, 0.29) is 11.9 Å². The highest BCUT2D eigenvalue weighted by atomic mass is 16.2. The molecule has 112 valence electrons. The summed E-state index contributed by atoms with van der Waals surface area (Å²) in [5.74, 6) is 0.885. The summed E-state index contributed by atoms with van der Waals surface area (Å²) in [4.78, 5) is 21.4. The molecule has 0 saturated heterocycles. The van der Waals surface area contributed by atoms with Crippen molar-refractivity contribution in [3.05, 3.63) is 53.6 Å². The van der Waals surface area contributed by atoms with E-state index in [0.717, 1.165) is 17.1 Å². The van der Waals surface area contributed by atoms with Gasteiger partial charge in [0.05, 0.1) is 19.1 Å². The van der Waals surface area contributed by atoms with Gasteiger partial charge >= 0.3 is 0 Å². The first-order chi connectivity index (χ1) is 10.0. The third-order valence-corrected chi connectivity index (χ3v) is 3.27. The van der Waals surface area contributed by atoms with Crippen molar-refractivity contribution in [2.24, 2.45) is 0 Å². The molecule has 5 nitrogen and oxygen atoms in total. The molecule has 1 heterocycles. The molecular weight excluding hydrogens is 264 g/mol. The van der Waals surface area contributed by atoms with E-state index in [9.17, 15) is 4.79 Å². The molecule has 2 aromatic rings. The summed E-state index contributed by atoms with van der Waals surface area (Å²) < 4.78 is 0. The average Bonchev–Trinajstić information content (AvgIpc) is 2.84. The molecule has 0 unspecified atom stereocenters. The predicted octanol–water partition coefficient (Wildman–Crippen LogP) is 2.03. The maximum Gasteiger partial charge on any atom is 0.234 e. The normalized spacial score (nSPS) is 12.4. The number of H-pyrrole nitrogens is 1. The van der Waals surface area contributed by atoms with Crippen LogP contribution in [-0.4, -0.2) is 34.4 Å². The van der Waals surface area contributed by atoms with Crippen molar-refractivity contribution in [1.29, 1.82) is 0 Å². The van der Waals surface area contributed by atoms with Crippen LogP contribution >= 0.6 is 0 Å². The summed E-state index contributed by atoms with van der Waals surface area (Å²) in [7, 11) is 1.91. The summed E-state index contributed by atoms with van der Waals surface area (Å²) in [6.07, 6.45) is 1.79. The third-order valence-electron chi connectivity index (χ3n) is 3.27. The van der Waals surface area contributed by atoms with Crippen LogP contribution in [0.25, 0.3) is 0 Å². The Morgan fingerprint density at radius 3 is 2.71 bits per heavy atom. The zero-order valence-electron chi connectivity index (χ0n) is 12.8. The molecule has 21 heavy (non-hydrogen) atoms. The first-order valence-electron chi connectivity index (χ1n) is 7.08. The van der Waals surface area contributed by atoms with Gasteiger partial charge in [-0.15, -0.1) is 0 Å². The van der Waals surface area contributed by atoms with Crippen LogP contribution in [0.2, 0.25) is 0 Å². The van der Waals surface area contributed by atoms with Crippen LogP contribution in [0.3, 0.4) is 0 Å². The lowest BCUT2D eigenvalue weighted by molar-refractivity contribution is -0.122. The number of amides is 1. The minimum absolute atomic E-state index is 0.0112. The van der Waals surface area contributed by atoms with Crippen LogP contribution in [0.15, 0.2) is 36.5 Å². The van der Waals surface area contributed by atoms with Crippen LogP contribution in [0.4, 0.5) is 0 Å². The molecule has 5 heteroatoms. The number of likely N-dealkylation sites (N-methyl/N-ethyl adjacent to an activating group) is 1. The van der Waals surface area contributed by atoms with Crippen molar-refractivity contribution in [2.75, 3.05) is 13.6 Å². The van der Waals surface area contributed by atoms with Gasteiger partial charge in [-0.1, -0.05) is 30.3 Å². The number of aromatic amines is 1. The van der Waals surface area contributed by atoms with Gasteiger partial charge < -0.3 is 10.3 Å². The minimum atomic E-state index is 0.0112. The smallest absolute Gasteiger partial charge is 0.234 e. The number of carbonyl (C=O) groups is 1. The van der Waals surface area contributed by atoms with Gasteiger partial charge in [0.25, 0.3) is 0 Å². The monoisotopic (exact) mass is 286 g/mol. The number of rotatable bonds is 6. The number of aromatic nitrogens is 2. The second-order valence-corrected chi connectivity index (χ2v) is 5.39. The van der Waals surface area contributed by atoms with Gasteiger partial charge in [-0.2, -0.15) is 0 Å². The fourth-order valence-corrected chi connectivity index (χ4v) is 2.22. The standard InChI is InChI=1S/C16H22N4O/c1-12-9-17-15(18-12)10-20(3)11-16(21)19-13(2)14-7-5-4-6-8-14/h4-9,13H,10-11H2,1-3H3,(H,17,18)(H,19,21)/t13-/m0/s1. The molecule has 1 aromatic heterocycles. The van der Waals surface area contributed by atoms with Crippen molar-refractivity contribution in [3.8, 4) is 0 Å². The van der Waals surface area contributed by atoms with Crippen LogP contribution in [-0.2, 0) is 11.3 Å². The van der Waals surface area contributed by atoms with Gasteiger partial charge in [-0.05, 0) is 26.5 Å². The average molecular weight is 286 g/mol. The quantitative estimate of drug-likeness (QED) is 0.854. The Bertz CT molecular complexity index is 579. The summed E-state index contributed by atoms with van der Waals surface area (Å²) >= 11 is 0. The number of nitrogens with one attached hydrogen (secondary N) is 2. The largest absolute Gasteiger partial charge is 0.348 e. The molecule has 2 rings (SSSR count). The highest BCUT2D eigenvalue weighted by Gasteiger charge is 2.12. The molecule has 0 bridgehead atoms. The Morgan fingerprint density at radius 1 is 1.38 bits per heavy atom. The van der Waals surface area contributed by atoms with Crippen molar-refractivity contribution < 1.29 is 4.79 Å². The summed E-state index contributed by atoms with van der Waals surface area (Å²) in [5, 5.41) is 3.01. The highest BCUT2D eigenvalue weighted by molar-refractivity contribution is 5.78. The maximum atomic E-state index is 12.0. The Hall–Kier alpha value is -2.14. The third kappa shape index (κ3) is 4.72. The van der Waals surface area contributed by atoms with Crippen molar-refractivity contribution in [1.82, 2.24) is 20.2 Å². The number of aryl methyl sites for hydroxylation is 1. The molecule has 2 N–H and O–H groups in total. The fourth-order valence-electron chi connectivity index (χ4n) is 2.22. The van der Waals surface area contributed by atoms with Crippen LogP contribution in [0.5, 0.6) is 0 Å². The van der Waals surface area contributed by atoms with E-state index in [1.807, 2.05) is 56.1 Å². The topological polar surface area (TPSA) is 61.0 Å². The summed E-state index contributed by atoms with van der Waals surface area (Å²) in [6, 6.07) is 9.96. The minimum Gasteiger partial charge on any atom is -0.348 e. The molecule has 0 aliphatic rings. The predicted molar refractivity (Wildman–Crippen MR) is 82.7 cm³/mol. The molecule has 0 aliphatic carbocycles. The summed E-state index contributed by atoms with van der Waals surface area (Å²) in [6.45, 7) is 4.92. The Balaban J connectivity index is 1.81. The van der Waals surface area contributed by atoms with Gasteiger partial charge in [-0.25, -0.2) is 4.98 Å². The first kappa shape index (κ1) is 15.3. The number of hydrogen-bond donors (Lipinski definition) is 2. The molecular formula is C16H22N4O. The first-order valence-corrected chi connectivity index (χ1v) is 7.08. The number of hydrogen-bond acceptors (Lipinski definition) is 3. The van der Waals surface area contributed by atoms with E-state index in [1.165, 1.54) is 0 Å². The van der Waals surface area contributed by atoms with Gasteiger partial charge in [0.15, 0.2) is 0 Å². The molecule has 0 saturated carbocycles. The van der Waals surface area contributed by atoms with E-state index in [2.05, 4.69) is 15.3 Å². The van der Waals surface area contributed by atoms with E-state index in [0.29, 0.717) is 13.1 Å². The molecule has 1 amide bonds. The molecule has 0 fully saturated rings. The van der Waals surface area contributed by atoms with Crippen molar-refractivity contribution in [3.63, 3.8) is 0 Å². The highest BCUT2D eigenvalue weighted by Crippen LogP contribution is 2.10. The van der Waals surface area contributed by atoms with Crippen LogP contribution in [0, 0.1) is 6.92 Å². The zero-order chi connectivity index (χ0) is 15.2. The van der Waals surface area contributed by atoms with E-state index >= 15 is 0 Å². The zero-order valence-corrected chi connectivity index (χ0v) is 12.8. The number of imidazole rings is 1. The van der Waals surface area contributed by atoms with E-state index in [1.54, 1.807) is 6.20 Å². The molecule has 0 spiro atoms. The SMILES string of the molecule is Cc1cnc(CN(C)CC(=O)N[C@@H](C)c2ccccc2)[nH]1. The lowest BCUT2D eigenvalue weighted by Gasteiger charge is -2.18. The second kappa shape index (κ2) is 7.04. The summed E-state index contributed by atoms with van der Waals surface area (Å²) in [5.41, 5.74) is 2.13. The molecule has 0 radical (unpaired) electrons. The number of benzene rings is 1. The maximum absolute atomic E-state index is 12.0. The van der Waals surface area contributed by atoms with Crippen molar-refractivity contribution >= 4 is 5.91 Å². The fraction of sp³-hybridized carbons (Fsp3) is 0.375. The number of nitrogens with zero attached hydrogens (tertiary/aromatic N) is 2. The lowest BCUT2D eigenvalue weighted by Crippen LogP contribution is -2.36. The van der Waals surface area contributed by atoms with Gasteiger partial charge in [-0.3, -0.25) is 9.69 Å². The van der Waals surface area contributed by atoms with E-state index < -0.39 is 0 Å². The van der Waals surface area contributed by atoms with Crippen molar-refractivity contribution in [2.45, 2.75) is 26.4 Å². The number of carbonyl (C=O) groups excluding carboxylic acids is 1. The lowest BCUT2D eigenvalue weighted by atomic mass is 10.1. The Morgan fingerprint density at radius 2 is 2.10 bits per heavy atom. The van der Waals surface area contributed by atoms with Crippen LogP contribution in [0.1, 0.15) is 30.0 Å². The van der Waals surface area contributed by atoms with Gasteiger partial charge in [0.1, 0.15) is 5.82 Å². The van der Waals surface area contributed by atoms with Crippen LogP contribution < -0.4 is 5.32 Å². The molecule has 0 aliphatic heterocycles. The second-order valence-electron chi connectivity index (χ2n) is 5.39. The molecule has 1 aromatic carbocycles. The molecule has 1 atom stereocenters. The van der Waals surface area contributed by atoms with E-state index in [4.69, 9.17) is 0 Å².